The zero-order valence-electron chi connectivity index (χ0n) is 16.5. The Morgan fingerprint density at radius 1 is 1.07 bits per heavy atom. The first-order valence-corrected chi connectivity index (χ1v) is 11.2. The molecule has 1 fully saturated rings. The lowest BCUT2D eigenvalue weighted by Crippen LogP contribution is -2.17. The van der Waals surface area contributed by atoms with Gasteiger partial charge in [0.2, 0.25) is 0 Å². The number of nitrogens with one attached hydrogen (secondary N) is 1. The number of H-pyrrole nitrogens is 1. The van der Waals surface area contributed by atoms with Gasteiger partial charge in [0, 0.05) is 17.9 Å². The van der Waals surface area contributed by atoms with Crippen LogP contribution in [0, 0.1) is 0 Å². The average Bonchev–Trinajstić information content (AvgIpc) is 3.39. The maximum Gasteiger partial charge on any atom is 0.278 e. The highest BCUT2D eigenvalue weighted by Gasteiger charge is 2.24. The summed E-state index contributed by atoms with van der Waals surface area (Å²) in [7, 11) is 0. The van der Waals surface area contributed by atoms with Crippen molar-refractivity contribution in [3.63, 3.8) is 0 Å². The topological polar surface area (TPSA) is 70.9 Å². The van der Waals surface area contributed by atoms with E-state index in [0.29, 0.717) is 23.2 Å². The number of aromatic nitrogens is 3. The largest absolute Gasteiger partial charge is 0.508 e. The average molecular weight is 418 g/mol. The number of imidazole rings is 1. The summed E-state index contributed by atoms with van der Waals surface area (Å²) < 4.78 is 1.69. The molecule has 1 aliphatic carbocycles. The van der Waals surface area contributed by atoms with Gasteiger partial charge in [-0.15, -0.1) is 11.8 Å². The van der Waals surface area contributed by atoms with Crippen LogP contribution >= 0.6 is 11.8 Å². The third-order valence-electron chi connectivity index (χ3n) is 5.62. The fourth-order valence-electron chi connectivity index (χ4n) is 4.03. The summed E-state index contributed by atoms with van der Waals surface area (Å²) >= 11 is 1.81. The monoisotopic (exact) mass is 417 g/mol. The van der Waals surface area contributed by atoms with Crippen molar-refractivity contribution in [2.45, 2.75) is 42.4 Å². The summed E-state index contributed by atoms with van der Waals surface area (Å²) in [6, 6.07) is 17.0. The van der Waals surface area contributed by atoms with Gasteiger partial charge < -0.3 is 10.1 Å². The maximum atomic E-state index is 13.2. The van der Waals surface area contributed by atoms with E-state index < -0.39 is 0 Å². The summed E-state index contributed by atoms with van der Waals surface area (Å²) in [5.41, 5.74) is 3.34. The number of aromatic amines is 1. The fourth-order valence-corrected chi connectivity index (χ4v) is 5.35. The molecule has 5 rings (SSSR count). The first-order chi connectivity index (χ1) is 14.7. The van der Waals surface area contributed by atoms with Crippen LogP contribution in [-0.4, -0.2) is 24.9 Å². The molecule has 2 aliphatic heterocycles. The Bertz CT molecular complexity index is 1180. The standard InChI is InChI=1S/C24H23N3O2S/c28-18-12-10-16(11-13-18)14-20-24(29)27-15-21(17-6-2-1-3-7-17)26-23(22(27)25-20)30-19-8-4-5-9-19/h1-3,6-7,10-13,15,19,26,28H,4-5,8-9,14H2. The van der Waals surface area contributed by atoms with E-state index in [1.807, 2.05) is 60.4 Å². The van der Waals surface area contributed by atoms with Gasteiger partial charge in [-0.25, -0.2) is 4.98 Å². The third-order valence-corrected chi connectivity index (χ3v) is 6.95. The van der Waals surface area contributed by atoms with Gasteiger partial charge in [0.1, 0.15) is 16.5 Å². The number of rotatable bonds is 5. The molecule has 152 valence electrons. The number of fused-ring (bicyclic) bond motifs is 1. The van der Waals surface area contributed by atoms with Crippen LogP contribution in [0.1, 0.15) is 36.9 Å². The first kappa shape index (κ1) is 19.0. The zero-order chi connectivity index (χ0) is 20.5. The number of hydrogen-bond donors (Lipinski definition) is 2. The fraction of sp³-hybridized carbons (Fsp3) is 0.250. The third kappa shape index (κ3) is 3.75. The Morgan fingerprint density at radius 2 is 1.80 bits per heavy atom. The van der Waals surface area contributed by atoms with E-state index in [9.17, 15) is 9.90 Å². The van der Waals surface area contributed by atoms with Crippen molar-refractivity contribution in [1.82, 2.24) is 14.5 Å². The first-order valence-electron chi connectivity index (χ1n) is 10.3. The van der Waals surface area contributed by atoms with Crippen LogP contribution in [0.2, 0.25) is 0 Å². The molecule has 2 heterocycles. The molecule has 1 saturated carbocycles. The molecule has 0 bridgehead atoms. The molecule has 3 aliphatic rings. The number of phenols is 1. The molecule has 2 aromatic carbocycles. The molecule has 2 N–H and O–H groups in total. The molecule has 6 heteroatoms. The van der Waals surface area contributed by atoms with Crippen molar-refractivity contribution in [2.75, 3.05) is 0 Å². The molecule has 0 amide bonds. The summed E-state index contributed by atoms with van der Waals surface area (Å²) in [6.07, 6.45) is 7.23. The number of hydrogen-bond acceptors (Lipinski definition) is 4. The molecule has 0 radical (unpaired) electrons. The van der Waals surface area contributed by atoms with E-state index in [1.165, 1.54) is 25.7 Å². The van der Waals surface area contributed by atoms with Gasteiger partial charge in [0.25, 0.3) is 5.56 Å². The summed E-state index contributed by atoms with van der Waals surface area (Å²) in [5.74, 6) is 0.916. The molecule has 2 aromatic rings. The zero-order valence-corrected chi connectivity index (χ0v) is 17.4. The predicted octanol–water partition coefficient (Wildman–Crippen LogP) is 5.00. The van der Waals surface area contributed by atoms with Crippen molar-refractivity contribution in [3.8, 4) is 22.8 Å². The normalized spacial score (nSPS) is 14.5. The second-order valence-corrected chi connectivity index (χ2v) is 9.10. The molecule has 5 nitrogen and oxygen atoms in total. The number of nitrogens with zero attached hydrogens (tertiary/aromatic N) is 2. The highest BCUT2D eigenvalue weighted by molar-refractivity contribution is 8.00. The minimum atomic E-state index is -0.0856. The Hall–Kier alpha value is -2.99. The Balaban J connectivity index is 1.60. The van der Waals surface area contributed by atoms with Crippen molar-refractivity contribution >= 4 is 11.8 Å². The summed E-state index contributed by atoms with van der Waals surface area (Å²) in [5, 5.41) is 11.0. The van der Waals surface area contributed by atoms with Gasteiger partial charge in [-0.2, -0.15) is 0 Å². The molecule has 0 atom stereocenters. The minimum absolute atomic E-state index is 0.0856. The van der Waals surface area contributed by atoms with Crippen molar-refractivity contribution < 1.29 is 5.11 Å². The van der Waals surface area contributed by atoms with E-state index in [0.717, 1.165) is 21.8 Å². The van der Waals surface area contributed by atoms with E-state index >= 15 is 0 Å². The Kier molecular flexibility index (Phi) is 5.09. The maximum absolute atomic E-state index is 13.2. The van der Waals surface area contributed by atoms with Crippen molar-refractivity contribution in [3.05, 3.63) is 82.4 Å². The molecule has 30 heavy (non-hydrogen) atoms. The lowest BCUT2D eigenvalue weighted by Gasteiger charge is -2.15. The molecule has 0 unspecified atom stereocenters. The smallest absolute Gasteiger partial charge is 0.278 e. The van der Waals surface area contributed by atoms with Gasteiger partial charge in [-0.1, -0.05) is 55.3 Å². The van der Waals surface area contributed by atoms with Crippen LogP contribution in [0.4, 0.5) is 0 Å². The van der Waals surface area contributed by atoms with Gasteiger partial charge in [-0.05, 0) is 36.1 Å². The highest BCUT2D eigenvalue weighted by Crippen LogP contribution is 2.37. The van der Waals surface area contributed by atoms with Crippen molar-refractivity contribution in [2.24, 2.45) is 0 Å². The summed E-state index contributed by atoms with van der Waals surface area (Å²) in [6.45, 7) is 0. The molecule has 0 spiro atoms. The minimum Gasteiger partial charge on any atom is -0.508 e. The summed E-state index contributed by atoms with van der Waals surface area (Å²) in [4.78, 5) is 21.5. The van der Waals surface area contributed by atoms with E-state index in [1.54, 1.807) is 16.7 Å². The van der Waals surface area contributed by atoms with Crippen LogP contribution in [0.15, 0.2) is 70.6 Å². The van der Waals surface area contributed by atoms with Gasteiger partial charge in [0.05, 0.1) is 5.69 Å². The Morgan fingerprint density at radius 3 is 2.53 bits per heavy atom. The number of phenolic OH excluding ortho intramolecular Hbond substituents is 1. The van der Waals surface area contributed by atoms with Crippen LogP contribution in [0.5, 0.6) is 5.75 Å². The molecule has 0 saturated heterocycles. The van der Waals surface area contributed by atoms with E-state index in [2.05, 4.69) is 4.98 Å². The quantitative estimate of drug-likeness (QED) is 0.480. The van der Waals surface area contributed by atoms with Crippen LogP contribution in [0.25, 0.3) is 17.1 Å². The van der Waals surface area contributed by atoms with Crippen LogP contribution in [0.3, 0.4) is 0 Å². The van der Waals surface area contributed by atoms with Crippen molar-refractivity contribution in [1.29, 1.82) is 0 Å². The lowest BCUT2D eigenvalue weighted by atomic mass is 10.1. The second-order valence-electron chi connectivity index (χ2n) is 7.79. The van der Waals surface area contributed by atoms with Crippen LogP contribution < -0.4 is 5.56 Å². The lowest BCUT2D eigenvalue weighted by molar-refractivity contribution is 0.475. The Labute approximate surface area is 179 Å². The molecular formula is C24H23N3O2S. The molecule has 0 aromatic heterocycles. The second kappa shape index (κ2) is 8.03. The van der Waals surface area contributed by atoms with E-state index in [4.69, 9.17) is 4.98 Å². The number of benzene rings is 2. The molecular weight excluding hydrogens is 394 g/mol. The van der Waals surface area contributed by atoms with Crippen LogP contribution in [-0.2, 0) is 6.42 Å². The highest BCUT2D eigenvalue weighted by atomic mass is 32.2. The van der Waals surface area contributed by atoms with Gasteiger partial charge in [-0.3, -0.25) is 9.36 Å². The predicted molar refractivity (Wildman–Crippen MR) is 120 cm³/mol. The number of thioether (sulfide) groups is 1. The van der Waals surface area contributed by atoms with Gasteiger partial charge >= 0.3 is 0 Å². The SMILES string of the molecule is O=c1c(Cc2ccc(O)cc2)nc2c(SC3CCCC3)[nH]c(-c3ccccc3)cn1-2. The number of aromatic hydroxyl groups is 1. The van der Waals surface area contributed by atoms with E-state index in [-0.39, 0.29) is 11.3 Å². The van der Waals surface area contributed by atoms with Gasteiger partial charge in [0.15, 0.2) is 5.82 Å².